The summed E-state index contributed by atoms with van der Waals surface area (Å²) < 4.78 is 2.54. The Kier molecular flexibility index (Phi) is 5.65. The van der Waals surface area contributed by atoms with Gasteiger partial charge < -0.3 is 0 Å². The molecule has 0 aliphatic rings. The van der Waals surface area contributed by atoms with E-state index in [1.54, 1.807) is 0 Å². The van der Waals surface area contributed by atoms with Gasteiger partial charge in [-0.2, -0.15) is 0 Å². The number of hydrogen-bond donors (Lipinski definition) is 0. The average Bonchev–Trinajstić information content (AvgIpc) is 2.46. The van der Waals surface area contributed by atoms with Crippen molar-refractivity contribution in [3.63, 3.8) is 0 Å². The molecular formula is C17H15BrSe. The van der Waals surface area contributed by atoms with Crippen molar-refractivity contribution in [3.8, 4) is 0 Å². The molecule has 2 heteroatoms. The molecule has 0 spiro atoms. The van der Waals surface area contributed by atoms with Crippen molar-refractivity contribution in [1.29, 1.82) is 0 Å². The molecule has 0 bridgehead atoms. The zero-order valence-electron chi connectivity index (χ0n) is 10.6. The van der Waals surface area contributed by atoms with Crippen LogP contribution in [0.25, 0.3) is 6.08 Å². The predicted octanol–water partition coefficient (Wildman–Crippen LogP) is 4.47. The van der Waals surface area contributed by atoms with Crippen molar-refractivity contribution in [1.82, 2.24) is 0 Å². The van der Waals surface area contributed by atoms with Crippen molar-refractivity contribution in [2.24, 2.45) is 0 Å². The molecule has 2 aromatic rings. The van der Waals surface area contributed by atoms with Crippen LogP contribution in [0.5, 0.6) is 0 Å². The fourth-order valence-electron chi connectivity index (χ4n) is 1.62. The van der Waals surface area contributed by atoms with E-state index in [0.29, 0.717) is 15.0 Å². The molecule has 0 radical (unpaired) electrons. The minimum atomic E-state index is 0.469. The van der Waals surface area contributed by atoms with Crippen LogP contribution in [0.15, 0.2) is 77.3 Å². The second-order valence-corrected chi connectivity index (χ2v) is 7.19. The first-order valence-electron chi connectivity index (χ1n) is 6.04. The standard InChI is InChI=1S/C17H15BrSe/c1-2-14(12-15-8-10-16(18)11-9-15)13-19-17-6-4-3-5-7-17/h2-12H,1,13H2/b14-12+. The Hall–Kier alpha value is -1.08. The monoisotopic (exact) mass is 378 g/mol. The van der Waals surface area contributed by atoms with Crippen molar-refractivity contribution >= 4 is 41.4 Å². The minimum absolute atomic E-state index is 0.469. The Labute approximate surface area is 129 Å². The van der Waals surface area contributed by atoms with Gasteiger partial charge in [0.25, 0.3) is 0 Å². The fraction of sp³-hybridized carbons (Fsp3) is 0.0588. The second kappa shape index (κ2) is 7.49. The molecule has 0 aliphatic carbocycles. The van der Waals surface area contributed by atoms with Gasteiger partial charge in [0, 0.05) is 0 Å². The third kappa shape index (κ3) is 4.83. The molecule has 0 N–H and O–H groups in total. The van der Waals surface area contributed by atoms with Crippen LogP contribution in [-0.4, -0.2) is 15.0 Å². The predicted molar refractivity (Wildman–Crippen MR) is 89.0 cm³/mol. The van der Waals surface area contributed by atoms with Crippen LogP contribution in [0.3, 0.4) is 0 Å². The van der Waals surface area contributed by atoms with E-state index in [1.807, 2.05) is 6.08 Å². The Morgan fingerprint density at radius 2 is 1.74 bits per heavy atom. The summed E-state index contributed by atoms with van der Waals surface area (Å²) in [5.74, 6) is 0. The Morgan fingerprint density at radius 3 is 2.37 bits per heavy atom. The maximum absolute atomic E-state index is 3.92. The van der Waals surface area contributed by atoms with Crippen molar-refractivity contribution in [2.45, 2.75) is 5.32 Å². The van der Waals surface area contributed by atoms with Crippen LogP contribution in [0.1, 0.15) is 5.56 Å². The zero-order chi connectivity index (χ0) is 13.5. The molecule has 0 fully saturated rings. The third-order valence-electron chi connectivity index (χ3n) is 2.63. The summed E-state index contributed by atoms with van der Waals surface area (Å²) in [4.78, 5) is 0. The topological polar surface area (TPSA) is 0 Å². The first kappa shape index (κ1) is 14.3. The molecule has 0 aliphatic heterocycles. The van der Waals surface area contributed by atoms with E-state index in [-0.39, 0.29) is 0 Å². The first-order chi connectivity index (χ1) is 9.28. The SMILES string of the molecule is C=C/C(=C\c1ccc(Br)cc1)C[Se]c1ccccc1. The molecule has 0 saturated heterocycles. The van der Waals surface area contributed by atoms with Crippen LogP contribution < -0.4 is 4.46 Å². The number of benzene rings is 2. The molecule has 0 nitrogen and oxygen atoms in total. The van der Waals surface area contributed by atoms with Crippen LogP contribution >= 0.6 is 15.9 Å². The van der Waals surface area contributed by atoms with Gasteiger partial charge in [-0.05, 0) is 0 Å². The summed E-state index contributed by atoms with van der Waals surface area (Å²) in [5, 5.41) is 1.08. The van der Waals surface area contributed by atoms with Crippen LogP contribution in [-0.2, 0) is 0 Å². The molecule has 2 rings (SSSR count). The zero-order valence-corrected chi connectivity index (χ0v) is 13.9. The summed E-state index contributed by atoms with van der Waals surface area (Å²) in [7, 11) is 0. The van der Waals surface area contributed by atoms with Gasteiger partial charge in [0.15, 0.2) is 0 Å². The fourth-order valence-corrected chi connectivity index (χ4v) is 3.74. The molecule has 0 saturated carbocycles. The molecule has 96 valence electrons. The van der Waals surface area contributed by atoms with Gasteiger partial charge >= 0.3 is 130 Å². The van der Waals surface area contributed by atoms with Gasteiger partial charge in [0.05, 0.1) is 0 Å². The van der Waals surface area contributed by atoms with Crippen LogP contribution in [0.4, 0.5) is 0 Å². The molecule has 0 unspecified atom stereocenters. The van der Waals surface area contributed by atoms with Gasteiger partial charge in [-0.1, -0.05) is 0 Å². The Morgan fingerprint density at radius 1 is 1.05 bits per heavy atom. The molecular weight excluding hydrogens is 363 g/mol. The van der Waals surface area contributed by atoms with E-state index in [0.717, 1.165) is 9.79 Å². The van der Waals surface area contributed by atoms with E-state index in [2.05, 4.69) is 83.2 Å². The summed E-state index contributed by atoms with van der Waals surface area (Å²) in [6, 6.07) is 19.0. The second-order valence-electron chi connectivity index (χ2n) is 4.08. The Balaban J connectivity index is 2.04. The number of rotatable bonds is 5. The number of halogens is 1. The van der Waals surface area contributed by atoms with Crippen LogP contribution in [0, 0.1) is 0 Å². The van der Waals surface area contributed by atoms with Gasteiger partial charge in [-0.25, -0.2) is 0 Å². The quantitative estimate of drug-likeness (QED) is 0.532. The number of allylic oxidation sites excluding steroid dienone is 2. The van der Waals surface area contributed by atoms with Crippen molar-refractivity contribution < 1.29 is 0 Å². The molecule has 2 aromatic carbocycles. The van der Waals surface area contributed by atoms with E-state index >= 15 is 0 Å². The molecule has 0 atom stereocenters. The van der Waals surface area contributed by atoms with E-state index < -0.39 is 0 Å². The van der Waals surface area contributed by atoms with E-state index in [4.69, 9.17) is 0 Å². The van der Waals surface area contributed by atoms with Gasteiger partial charge in [0.2, 0.25) is 0 Å². The van der Waals surface area contributed by atoms with E-state index in [9.17, 15) is 0 Å². The summed E-state index contributed by atoms with van der Waals surface area (Å²) in [5.41, 5.74) is 2.52. The first-order valence-corrected chi connectivity index (χ1v) is 8.90. The maximum atomic E-state index is 3.92. The normalized spacial score (nSPS) is 11.3. The molecule has 0 amide bonds. The van der Waals surface area contributed by atoms with Gasteiger partial charge in [-0.15, -0.1) is 0 Å². The van der Waals surface area contributed by atoms with E-state index in [1.165, 1.54) is 15.6 Å². The third-order valence-corrected chi connectivity index (χ3v) is 5.43. The molecule has 19 heavy (non-hydrogen) atoms. The molecule has 0 aromatic heterocycles. The van der Waals surface area contributed by atoms with Gasteiger partial charge in [-0.3, -0.25) is 0 Å². The summed E-state index contributed by atoms with van der Waals surface area (Å²) in [6.07, 6.45) is 4.18. The van der Waals surface area contributed by atoms with Crippen molar-refractivity contribution in [3.05, 3.63) is 82.9 Å². The molecule has 0 heterocycles. The van der Waals surface area contributed by atoms with Gasteiger partial charge in [0.1, 0.15) is 0 Å². The average molecular weight is 378 g/mol. The Bertz CT molecular complexity index is 556. The summed E-state index contributed by atoms with van der Waals surface area (Å²) in [6.45, 7) is 3.92. The number of hydrogen-bond acceptors (Lipinski definition) is 0. The summed E-state index contributed by atoms with van der Waals surface area (Å²) >= 11 is 3.92. The van der Waals surface area contributed by atoms with Crippen molar-refractivity contribution in [2.75, 3.05) is 0 Å². The van der Waals surface area contributed by atoms with Crippen LogP contribution in [0.2, 0.25) is 5.32 Å².